The topological polar surface area (TPSA) is 81.2 Å². The molecule has 2 aromatic heterocycles. The SMILES string of the molecule is CCc1ccc(-c2csc(NC(=O)COC(=O)c3ccc4ccccc4n3)n2)cc1. The summed E-state index contributed by atoms with van der Waals surface area (Å²) in [5.74, 6) is -1.10. The predicted octanol–water partition coefficient (Wildman–Crippen LogP) is 4.72. The highest BCUT2D eigenvalue weighted by molar-refractivity contribution is 7.14. The van der Waals surface area contributed by atoms with Crippen LogP contribution < -0.4 is 5.32 Å². The van der Waals surface area contributed by atoms with Crippen LogP contribution in [-0.2, 0) is 16.0 Å². The number of carbonyl (C=O) groups is 2. The van der Waals surface area contributed by atoms with Crippen molar-refractivity contribution in [3.63, 3.8) is 0 Å². The molecule has 0 saturated heterocycles. The first-order chi connectivity index (χ1) is 14.6. The number of anilines is 1. The smallest absolute Gasteiger partial charge is 0.357 e. The van der Waals surface area contributed by atoms with Gasteiger partial charge in [0.2, 0.25) is 0 Å². The molecule has 6 nitrogen and oxygen atoms in total. The highest BCUT2D eigenvalue weighted by Gasteiger charge is 2.14. The molecule has 4 rings (SSSR count). The minimum absolute atomic E-state index is 0.161. The fraction of sp³-hybridized carbons (Fsp3) is 0.130. The number of fused-ring (bicyclic) bond motifs is 1. The van der Waals surface area contributed by atoms with Crippen molar-refractivity contribution in [1.82, 2.24) is 9.97 Å². The maximum atomic E-state index is 12.2. The highest BCUT2D eigenvalue weighted by atomic mass is 32.1. The number of esters is 1. The molecule has 0 saturated carbocycles. The molecule has 1 N–H and O–H groups in total. The summed E-state index contributed by atoms with van der Waals surface area (Å²) in [5.41, 5.74) is 3.88. The number of pyridine rings is 1. The maximum absolute atomic E-state index is 12.2. The highest BCUT2D eigenvalue weighted by Crippen LogP contribution is 2.25. The molecule has 4 aromatic rings. The summed E-state index contributed by atoms with van der Waals surface area (Å²) in [7, 11) is 0. The zero-order chi connectivity index (χ0) is 20.9. The molecule has 0 aliphatic rings. The summed E-state index contributed by atoms with van der Waals surface area (Å²) in [6.07, 6.45) is 0.978. The number of hydrogen-bond donors (Lipinski definition) is 1. The predicted molar refractivity (Wildman–Crippen MR) is 118 cm³/mol. The van der Waals surface area contributed by atoms with Crippen LogP contribution in [0.4, 0.5) is 5.13 Å². The van der Waals surface area contributed by atoms with E-state index in [-0.39, 0.29) is 5.69 Å². The van der Waals surface area contributed by atoms with Gasteiger partial charge in [0.05, 0.1) is 11.2 Å². The first-order valence-electron chi connectivity index (χ1n) is 9.50. The first-order valence-corrected chi connectivity index (χ1v) is 10.4. The van der Waals surface area contributed by atoms with Crippen molar-refractivity contribution in [2.75, 3.05) is 11.9 Å². The van der Waals surface area contributed by atoms with Gasteiger partial charge in [-0.1, -0.05) is 55.5 Å². The lowest BCUT2D eigenvalue weighted by Gasteiger charge is -2.05. The third kappa shape index (κ3) is 4.52. The number of rotatable bonds is 6. The fourth-order valence-electron chi connectivity index (χ4n) is 2.92. The van der Waals surface area contributed by atoms with Gasteiger partial charge in [0.25, 0.3) is 5.91 Å². The van der Waals surface area contributed by atoms with Gasteiger partial charge in [0, 0.05) is 16.3 Å². The standard InChI is InChI=1S/C23H19N3O3S/c1-2-15-7-9-17(10-8-15)20-14-30-23(25-20)26-21(27)13-29-22(28)19-12-11-16-5-3-4-6-18(16)24-19/h3-12,14H,2,13H2,1H3,(H,25,26,27). The molecule has 150 valence electrons. The van der Waals surface area contributed by atoms with Crippen LogP contribution >= 0.6 is 11.3 Å². The quantitative estimate of drug-likeness (QED) is 0.459. The second-order valence-electron chi connectivity index (χ2n) is 6.60. The van der Waals surface area contributed by atoms with Gasteiger partial charge in [-0.25, -0.2) is 14.8 Å². The molecule has 0 aliphatic carbocycles. The number of ether oxygens (including phenoxy) is 1. The number of nitrogens with zero attached hydrogens (tertiary/aromatic N) is 2. The van der Waals surface area contributed by atoms with Crippen molar-refractivity contribution in [2.24, 2.45) is 0 Å². The van der Waals surface area contributed by atoms with E-state index in [1.165, 1.54) is 16.9 Å². The van der Waals surface area contributed by atoms with Crippen LogP contribution in [0.25, 0.3) is 22.2 Å². The number of aryl methyl sites for hydroxylation is 1. The van der Waals surface area contributed by atoms with Gasteiger partial charge in [-0.2, -0.15) is 0 Å². The molecule has 7 heteroatoms. The molecule has 0 atom stereocenters. The van der Waals surface area contributed by atoms with Crippen molar-refractivity contribution in [2.45, 2.75) is 13.3 Å². The number of thiazole rings is 1. The summed E-state index contributed by atoms with van der Waals surface area (Å²) in [6.45, 7) is 1.70. The Morgan fingerprint density at radius 2 is 1.80 bits per heavy atom. The zero-order valence-electron chi connectivity index (χ0n) is 16.3. The number of para-hydroxylation sites is 1. The third-order valence-corrected chi connectivity index (χ3v) is 5.31. The molecule has 2 aromatic carbocycles. The van der Waals surface area contributed by atoms with Gasteiger partial charge in [0.1, 0.15) is 5.69 Å². The van der Waals surface area contributed by atoms with Crippen LogP contribution in [0, 0.1) is 0 Å². The monoisotopic (exact) mass is 417 g/mol. The Kier molecular flexibility index (Phi) is 5.81. The van der Waals surface area contributed by atoms with Crippen molar-refractivity contribution >= 4 is 39.2 Å². The Morgan fingerprint density at radius 1 is 1.00 bits per heavy atom. The molecule has 0 fully saturated rings. The summed E-state index contributed by atoms with van der Waals surface area (Å²) in [5, 5.41) is 5.92. The molecule has 0 bridgehead atoms. The van der Waals surface area contributed by atoms with E-state index >= 15 is 0 Å². The van der Waals surface area contributed by atoms with Gasteiger partial charge in [0.15, 0.2) is 11.7 Å². The molecule has 30 heavy (non-hydrogen) atoms. The largest absolute Gasteiger partial charge is 0.451 e. The lowest BCUT2D eigenvalue weighted by Crippen LogP contribution is -2.21. The van der Waals surface area contributed by atoms with Crippen molar-refractivity contribution < 1.29 is 14.3 Å². The molecule has 0 unspecified atom stereocenters. The number of nitrogens with one attached hydrogen (secondary N) is 1. The number of aromatic nitrogens is 2. The number of amides is 1. The molecule has 1 amide bonds. The van der Waals surface area contributed by atoms with E-state index in [1.54, 1.807) is 12.1 Å². The average Bonchev–Trinajstić information content (AvgIpc) is 3.25. The number of carbonyl (C=O) groups excluding carboxylic acids is 2. The van der Waals surface area contributed by atoms with Gasteiger partial charge >= 0.3 is 5.97 Å². The molecular weight excluding hydrogens is 398 g/mol. The molecular formula is C23H19N3O3S. The summed E-state index contributed by atoms with van der Waals surface area (Å²) >= 11 is 1.32. The van der Waals surface area contributed by atoms with E-state index in [0.29, 0.717) is 10.6 Å². The van der Waals surface area contributed by atoms with Crippen LogP contribution in [0.5, 0.6) is 0 Å². The van der Waals surface area contributed by atoms with E-state index < -0.39 is 18.5 Å². The molecule has 0 aliphatic heterocycles. The van der Waals surface area contributed by atoms with E-state index in [1.807, 2.05) is 41.8 Å². The van der Waals surface area contributed by atoms with E-state index in [4.69, 9.17) is 4.74 Å². The minimum atomic E-state index is -0.647. The van der Waals surface area contributed by atoms with Gasteiger partial charge < -0.3 is 4.74 Å². The summed E-state index contributed by atoms with van der Waals surface area (Å²) in [6, 6.07) is 19.0. The Balaban J connectivity index is 1.34. The van der Waals surface area contributed by atoms with Crippen molar-refractivity contribution in [1.29, 1.82) is 0 Å². The Morgan fingerprint density at radius 3 is 2.60 bits per heavy atom. The lowest BCUT2D eigenvalue weighted by atomic mass is 10.1. The third-order valence-electron chi connectivity index (χ3n) is 4.55. The lowest BCUT2D eigenvalue weighted by molar-refractivity contribution is -0.119. The second kappa shape index (κ2) is 8.84. The van der Waals surface area contributed by atoms with Crippen molar-refractivity contribution in [3.8, 4) is 11.3 Å². The molecule has 2 heterocycles. The maximum Gasteiger partial charge on any atom is 0.357 e. The van der Waals surface area contributed by atoms with Crippen LogP contribution in [0.2, 0.25) is 0 Å². The summed E-state index contributed by atoms with van der Waals surface area (Å²) < 4.78 is 5.09. The van der Waals surface area contributed by atoms with E-state index in [2.05, 4.69) is 34.3 Å². The van der Waals surface area contributed by atoms with E-state index in [9.17, 15) is 9.59 Å². The zero-order valence-corrected chi connectivity index (χ0v) is 17.1. The van der Waals surface area contributed by atoms with Gasteiger partial charge in [-0.3, -0.25) is 10.1 Å². The summed E-state index contributed by atoms with van der Waals surface area (Å²) in [4.78, 5) is 33.1. The number of benzene rings is 2. The van der Waals surface area contributed by atoms with Crippen LogP contribution in [0.3, 0.4) is 0 Å². The fourth-order valence-corrected chi connectivity index (χ4v) is 3.65. The van der Waals surface area contributed by atoms with E-state index in [0.717, 1.165) is 23.1 Å². The van der Waals surface area contributed by atoms with Crippen LogP contribution in [-0.4, -0.2) is 28.5 Å². The van der Waals surface area contributed by atoms with Gasteiger partial charge in [-0.05, 0) is 24.1 Å². The van der Waals surface area contributed by atoms with Gasteiger partial charge in [-0.15, -0.1) is 11.3 Å². The van der Waals surface area contributed by atoms with Crippen molar-refractivity contribution in [3.05, 3.63) is 77.3 Å². The Bertz CT molecular complexity index is 1200. The average molecular weight is 417 g/mol. The number of hydrogen-bond acceptors (Lipinski definition) is 6. The minimum Gasteiger partial charge on any atom is -0.451 e. The Hall–Kier alpha value is -3.58. The Labute approximate surface area is 177 Å². The molecule has 0 radical (unpaired) electrons. The molecule has 0 spiro atoms. The van der Waals surface area contributed by atoms with Crippen LogP contribution in [0.1, 0.15) is 23.0 Å². The first kappa shape index (κ1) is 19.7. The second-order valence-corrected chi connectivity index (χ2v) is 7.46. The van der Waals surface area contributed by atoms with Crippen LogP contribution in [0.15, 0.2) is 66.0 Å². The normalized spacial score (nSPS) is 10.7.